The molecule has 104 valence electrons. The molecule has 2 rings (SSSR count). The fraction of sp³-hybridized carbons (Fsp3) is 0.933. The first-order valence-corrected chi connectivity index (χ1v) is 7.61. The van der Waals surface area contributed by atoms with Crippen molar-refractivity contribution in [3.8, 4) is 0 Å². The van der Waals surface area contributed by atoms with E-state index in [0.717, 1.165) is 44.3 Å². The summed E-state index contributed by atoms with van der Waals surface area (Å²) >= 11 is 0. The molecule has 2 aliphatic rings. The first-order chi connectivity index (χ1) is 8.65. The number of carbonyl (C=O) groups excluding carboxylic acids is 1. The number of amides is 1. The lowest BCUT2D eigenvalue weighted by atomic mass is 9.83. The second-order valence-electron chi connectivity index (χ2n) is 6.45. The Hall–Kier alpha value is -0.570. The molecule has 0 atom stereocenters. The first kappa shape index (κ1) is 13.9. The number of nitrogens with one attached hydrogen (secondary N) is 1. The van der Waals surface area contributed by atoms with Gasteiger partial charge >= 0.3 is 0 Å². The predicted octanol–water partition coefficient (Wildman–Crippen LogP) is 2.27. The Kier molecular flexibility index (Phi) is 5.04. The van der Waals surface area contributed by atoms with Crippen LogP contribution in [0.25, 0.3) is 0 Å². The van der Waals surface area contributed by atoms with Crippen molar-refractivity contribution in [2.75, 3.05) is 26.7 Å². The van der Waals surface area contributed by atoms with E-state index >= 15 is 0 Å². The van der Waals surface area contributed by atoms with E-state index in [-0.39, 0.29) is 5.92 Å². The molecule has 0 aromatic rings. The highest BCUT2D eigenvalue weighted by atomic mass is 16.1. The van der Waals surface area contributed by atoms with E-state index in [0.29, 0.717) is 5.91 Å². The summed E-state index contributed by atoms with van der Waals surface area (Å²) in [7, 11) is 2.14. The van der Waals surface area contributed by atoms with Crippen molar-refractivity contribution in [2.24, 2.45) is 17.8 Å². The van der Waals surface area contributed by atoms with Crippen LogP contribution < -0.4 is 5.32 Å². The predicted molar refractivity (Wildman–Crippen MR) is 74.4 cm³/mol. The zero-order valence-electron chi connectivity index (χ0n) is 12.0. The third kappa shape index (κ3) is 3.98. The summed E-state index contributed by atoms with van der Waals surface area (Å²) in [4.78, 5) is 14.4. The topological polar surface area (TPSA) is 32.3 Å². The monoisotopic (exact) mass is 252 g/mol. The molecule has 3 nitrogen and oxygen atoms in total. The standard InChI is InChI=1S/C15H28N2O/c1-12-3-5-13(6-4-12)11-16-15(18)14-7-9-17(2)10-8-14/h12-14H,3-11H2,1-2H3,(H,16,18). The molecular weight excluding hydrogens is 224 g/mol. The Bertz CT molecular complexity index is 264. The molecule has 1 N–H and O–H groups in total. The largest absolute Gasteiger partial charge is 0.356 e. The van der Waals surface area contributed by atoms with E-state index in [2.05, 4.69) is 24.2 Å². The lowest BCUT2D eigenvalue weighted by Crippen LogP contribution is -2.40. The Morgan fingerprint density at radius 3 is 2.33 bits per heavy atom. The molecule has 0 aromatic heterocycles. The molecule has 0 unspecified atom stereocenters. The second-order valence-corrected chi connectivity index (χ2v) is 6.45. The molecule has 18 heavy (non-hydrogen) atoms. The van der Waals surface area contributed by atoms with Crippen molar-refractivity contribution in [1.29, 1.82) is 0 Å². The SMILES string of the molecule is CC1CCC(CNC(=O)C2CCN(C)CC2)CC1. The molecule has 2 fully saturated rings. The molecule has 1 amide bonds. The molecular formula is C15H28N2O. The molecule has 1 aliphatic heterocycles. The van der Waals surface area contributed by atoms with Crippen LogP contribution in [0.2, 0.25) is 0 Å². The quantitative estimate of drug-likeness (QED) is 0.835. The Morgan fingerprint density at radius 1 is 1.11 bits per heavy atom. The van der Waals surface area contributed by atoms with Gasteiger partial charge in [0.2, 0.25) is 5.91 Å². The smallest absolute Gasteiger partial charge is 0.223 e. The second kappa shape index (κ2) is 6.55. The van der Waals surface area contributed by atoms with Crippen LogP contribution in [0.4, 0.5) is 0 Å². The maximum atomic E-state index is 12.1. The maximum absolute atomic E-state index is 12.1. The third-order valence-corrected chi connectivity index (χ3v) is 4.79. The minimum absolute atomic E-state index is 0.267. The van der Waals surface area contributed by atoms with Crippen molar-refractivity contribution in [3.63, 3.8) is 0 Å². The molecule has 1 saturated carbocycles. The first-order valence-electron chi connectivity index (χ1n) is 7.61. The number of nitrogens with zero attached hydrogens (tertiary/aromatic N) is 1. The van der Waals surface area contributed by atoms with E-state index in [4.69, 9.17) is 0 Å². The van der Waals surface area contributed by atoms with Gasteiger partial charge in [-0.15, -0.1) is 0 Å². The average Bonchev–Trinajstić information content (AvgIpc) is 2.38. The molecule has 1 aliphatic carbocycles. The highest BCUT2D eigenvalue weighted by molar-refractivity contribution is 5.78. The van der Waals surface area contributed by atoms with Crippen LogP contribution in [-0.2, 0) is 4.79 Å². The molecule has 1 heterocycles. The van der Waals surface area contributed by atoms with Crippen LogP contribution in [0.5, 0.6) is 0 Å². The van der Waals surface area contributed by atoms with Gasteiger partial charge in [-0.2, -0.15) is 0 Å². The van der Waals surface area contributed by atoms with Gasteiger partial charge in [0, 0.05) is 12.5 Å². The van der Waals surface area contributed by atoms with E-state index in [1.807, 2.05) is 0 Å². The summed E-state index contributed by atoms with van der Waals surface area (Å²) in [5.41, 5.74) is 0. The molecule has 0 spiro atoms. The van der Waals surface area contributed by atoms with Gasteiger partial charge in [0.1, 0.15) is 0 Å². The lowest BCUT2D eigenvalue weighted by molar-refractivity contribution is -0.126. The van der Waals surface area contributed by atoms with Crippen LogP contribution >= 0.6 is 0 Å². The fourth-order valence-electron chi connectivity index (χ4n) is 3.19. The summed E-state index contributed by atoms with van der Waals surface area (Å²) in [5.74, 6) is 2.20. The van der Waals surface area contributed by atoms with Crippen molar-refractivity contribution in [2.45, 2.75) is 45.4 Å². The summed E-state index contributed by atoms with van der Waals surface area (Å²) in [5, 5.41) is 3.19. The van der Waals surface area contributed by atoms with Crippen LogP contribution in [0, 0.1) is 17.8 Å². The van der Waals surface area contributed by atoms with Crippen molar-refractivity contribution >= 4 is 5.91 Å². The van der Waals surface area contributed by atoms with Gasteiger partial charge in [0.05, 0.1) is 0 Å². The third-order valence-electron chi connectivity index (χ3n) is 4.79. The maximum Gasteiger partial charge on any atom is 0.223 e. The zero-order valence-corrected chi connectivity index (χ0v) is 12.0. The molecule has 0 radical (unpaired) electrons. The van der Waals surface area contributed by atoms with Crippen molar-refractivity contribution in [3.05, 3.63) is 0 Å². The van der Waals surface area contributed by atoms with Gasteiger partial charge in [-0.05, 0) is 57.7 Å². The van der Waals surface area contributed by atoms with Crippen LogP contribution in [0.3, 0.4) is 0 Å². The molecule has 0 aromatic carbocycles. The Labute approximate surface area is 111 Å². The highest BCUT2D eigenvalue weighted by Gasteiger charge is 2.24. The summed E-state index contributed by atoms with van der Waals surface area (Å²) in [6.07, 6.45) is 7.35. The minimum Gasteiger partial charge on any atom is -0.356 e. The van der Waals surface area contributed by atoms with Gasteiger partial charge in [-0.25, -0.2) is 0 Å². The Morgan fingerprint density at radius 2 is 1.72 bits per heavy atom. The number of hydrogen-bond donors (Lipinski definition) is 1. The van der Waals surface area contributed by atoms with Gasteiger partial charge in [0.15, 0.2) is 0 Å². The number of hydrogen-bond acceptors (Lipinski definition) is 2. The Balaban J connectivity index is 1.65. The normalized spacial score (nSPS) is 31.2. The summed E-state index contributed by atoms with van der Waals surface area (Å²) in [6.45, 7) is 5.39. The van der Waals surface area contributed by atoms with Gasteiger partial charge in [-0.3, -0.25) is 4.79 Å². The zero-order chi connectivity index (χ0) is 13.0. The summed E-state index contributed by atoms with van der Waals surface area (Å²) < 4.78 is 0. The molecule has 3 heteroatoms. The number of carbonyl (C=O) groups is 1. The van der Waals surface area contributed by atoms with Gasteiger partial charge < -0.3 is 10.2 Å². The fourth-order valence-corrected chi connectivity index (χ4v) is 3.19. The van der Waals surface area contributed by atoms with E-state index in [9.17, 15) is 4.79 Å². The lowest BCUT2D eigenvalue weighted by Gasteiger charge is -2.30. The number of rotatable bonds is 3. The average molecular weight is 252 g/mol. The number of likely N-dealkylation sites (tertiary alicyclic amines) is 1. The number of piperidine rings is 1. The van der Waals surface area contributed by atoms with E-state index in [1.54, 1.807) is 0 Å². The van der Waals surface area contributed by atoms with Crippen molar-refractivity contribution < 1.29 is 4.79 Å². The van der Waals surface area contributed by atoms with E-state index in [1.165, 1.54) is 25.7 Å². The van der Waals surface area contributed by atoms with E-state index < -0.39 is 0 Å². The van der Waals surface area contributed by atoms with Gasteiger partial charge in [-0.1, -0.05) is 19.8 Å². The van der Waals surface area contributed by atoms with Crippen LogP contribution in [0.15, 0.2) is 0 Å². The van der Waals surface area contributed by atoms with Crippen molar-refractivity contribution in [1.82, 2.24) is 10.2 Å². The summed E-state index contributed by atoms with van der Waals surface area (Å²) in [6, 6.07) is 0. The molecule has 1 saturated heterocycles. The van der Waals surface area contributed by atoms with Crippen LogP contribution in [0.1, 0.15) is 45.4 Å². The highest BCUT2D eigenvalue weighted by Crippen LogP contribution is 2.27. The molecule has 0 bridgehead atoms. The van der Waals surface area contributed by atoms with Crippen LogP contribution in [-0.4, -0.2) is 37.5 Å². The van der Waals surface area contributed by atoms with Gasteiger partial charge in [0.25, 0.3) is 0 Å². The minimum atomic E-state index is 0.267.